The van der Waals surface area contributed by atoms with Crippen molar-refractivity contribution in [3.63, 3.8) is 0 Å². The van der Waals surface area contributed by atoms with Gasteiger partial charge in [-0.15, -0.1) is 12.4 Å². The third kappa shape index (κ3) is 6.45. The van der Waals surface area contributed by atoms with Crippen molar-refractivity contribution in [1.29, 1.82) is 0 Å². The lowest BCUT2D eigenvalue weighted by atomic mass is 9.99. The number of carboxylic acids is 2. The van der Waals surface area contributed by atoms with Gasteiger partial charge in [0.1, 0.15) is 0 Å². The molecule has 3 aromatic rings. The Morgan fingerprint density at radius 1 is 0.689 bits per heavy atom. The van der Waals surface area contributed by atoms with Gasteiger partial charge in [-0.25, -0.2) is 9.97 Å². The van der Waals surface area contributed by atoms with E-state index in [9.17, 15) is 30.0 Å². The number of hydrogen-bond donors (Lipinski definition) is 6. The molecule has 2 unspecified atom stereocenters. The van der Waals surface area contributed by atoms with Gasteiger partial charge in [-0.2, -0.15) is 0 Å². The molecule has 8 bridgehead atoms. The number of allylic oxidation sites excluding steroid dienone is 3. The molecule has 0 saturated carbocycles. The lowest BCUT2D eigenvalue weighted by Crippen LogP contribution is -2.02. The fourth-order valence-corrected chi connectivity index (χ4v) is 6.31. The highest BCUT2D eigenvalue weighted by Gasteiger charge is 2.23. The van der Waals surface area contributed by atoms with Crippen molar-refractivity contribution in [2.24, 2.45) is 0 Å². The number of aryl methyl sites for hydroxylation is 3. The van der Waals surface area contributed by atoms with Crippen LogP contribution in [0.2, 0.25) is 0 Å². The van der Waals surface area contributed by atoms with Gasteiger partial charge >= 0.3 is 11.9 Å². The first kappa shape index (κ1) is 33.6. The van der Waals surface area contributed by atoms with E-state index in [-0.39, 0.29) is 38.1 Å². The van der Waals surface area contributed by atoms with Crippen LogP contribution in [-0.4, -0.2) is 58.4 Å². The smallest absolute Gasteiger partial charge is 0.303 e. The molecule has 0 aromatic carbocycles. The number of hydrogen-bond acceptors (Lipinski definition) is 6. The van der Waals surface area contributed by atoms with E-state index in [0.717, 1.165) is 44.4 Å². The fraction of sp³-hybridized carbons (Fsp3) is 0.353. The monoisotopic (exact) mass is 634 g/mol. The number of aromatic amines is 2. The molecule has 5 rings (SSSR count). The summed E-state index contributed by atoms with van der Waals surface area (Å²) in [5.41, 5.74) is 11.7. The summed E-state index contributed by atoms with van der Waals surface area (Å²) in [5.74, 6) is -1.83. The first-order chi connectivity index (χ1) is 20.8. The molecule has 6 N–H and O–H groups in total. The summed E-state index contributed by atoms with van der Waals surface area (Å²) in [5, 5.41) is 40.5. The predicted octanol–water partition coefficient (Wildman–Crippen LogP) is 6.53. The molecule has 3 aromatic heterocycles. The van der Waals surface area contributed by atoms with E-state index in [1.54, 1.807) is 13.8 Å². The van der Waals surface area contributed by atoms with Gasteiger partial charge in [-0.3, -0.25) is 9.59 Å². The quantitative estimate of drug-likeness (QED) is 0.162. The Bertz CT molecular complexity index is 1930. The Hall–Kier alpha value is -4.25. The van der Waals surface area contributed by atoms with Crippen LogP contribution < -0.4 is 0 Å². The van der Waals surface area contributed by atoms with Crippen LogP contribution in [0.25, 0.3) is 44.4 Å². The largest absolute Gasteiger partial charge is 0.481 e. The summed E-state index contributed by atoms with van der Waals surface area (Å²) in [6, 6.07) is 7.51. The molecule has 0 spiro atoms. The predicted molar refractivity (Wildman–Crippen MR) is 178 cm³/mol. The molecular weight excluding hydrogens is 596 g/mol. The van der Waals surface area contributed by atoms with Gasteiger partial charge in [0.25, 0.3) is 0 Å². The Balaban J connectivity index is 0.00000461. The molecule has 2 atom stereocenters. The Morgan fingerprint density at radius 2 is 1.20 bits per heavy atom. The lowest BCUT2D eigenvalue weighted by molar-refractivity contribution is -0.137. The highest BCUT2D eigenvalue weighted by atomic mass is 35.5. The van der Waals surface area contributed by atoms with Crippen LogP contribution >= 0.6 is 12.4 Å². The second kappa shape index (κ2) is 13.0. The number of aliphatic carboxylic acids is 2. The lowest BCUT2D eigenvalue weighted by Gasteiger charge is -2.07. The topological polar surface area (TPSA) is 172 Å². The zero-order valence-electron chi connectivity index (χ0n) is 26.2. The average molecular weight is 635 g/mol. The number of aliphatic hydroxyl groups is 2. The summed E-state index contributed by atoms with van der Waals surface area (Å²) in [6.45, 7) is 11.1. The Kier molecular flexibility index (Phi) is 9.72. The van der Waals surface area contributed by atoms with E-state index in [2.05, 4.69) is 9.97 Å². The van der Waals surface area contributed by atoms with Crippen LogP contribution in [0, 0.1) is 13.8 Å². The van der Waals surface area contributed by atoms with E-state index >= 15 is 0 Å². The SMILES string of the molecule is CC1=C(CCC(=O)O)c2cc3[nH]c(cc4nc(cc5[nH]c(cc1n2)c(C(C)O)c5C)C(C(C)O)=C4C)c(C)c3CCC(=O)O.Cl. The molecule has 45 heavy (non-hydrogen) atoms. The molecule has 238 valence electrons. The average Bonchev–Trinajstić information content (AvgIpc) is 3.59. The highest BCUT2D eigenvalue weighted by Crippen LogP contribution is 2.37. The minimum Gasteiger partial charge on any atom is -0.481 e. The summed E-state index contributed by atoms with van der Waals surface area (Å²) >= 11 is 0. The van der Waals surface area contributed by atoms with Gasteiger partial charge in [-0.05, 0) is 112 Å². The molecule has 0 aliphatic carbocycles. The molecule has 5 heterocycles. The number of H-pyrrole nitrogens is 2. The molecule has 0 amide bonds. The molecule has 0 saturated heterocycles. The van der Waals surface area contributed by atoms with E-state index in [1.807, 2.05) is 52.0 Å². The maximum atomic E-state index is 11.6. The summed E-state index contributed by atoms with van der Waals surface area (Å²) in [7, 11) is 0. The standard InChI is InChI=1S/C34H38N4O6.ClH/c1-15-21(7-9-31(41)42)27-14-28-22(8-10-32(43)44)16(2)24(36-28)12-29-34(20(6)40)18(4)26(38-29)13-30-33(19(5)39)17(3)25(37-30)11-23(15)35-27;/h11-14,19-20,35,38-40H,7-10H2,1-6H3,(H,41,42)(H,43,44);1H. The highest BCUT2D eigenvalue weighted by molar-refractivity contribution is 5.96. The number of aromatic nitrogens is 4. The summed E-state index contributed by atoms with van der Waals surface area (Å²) in [6.07, 6.45) is -1.16. The van der Waals surface area contributed by atoms with Gasteiger partial charge < -0.3 is 30.4 Å². The van der Waals surface area contributed by atoms with Gasteiger partial charge in [-0.1, -0.05) is 0 Å². The normalized spacial score (nSPS) is 14.4. The first-order valence-corrected chi connectivity index (χ1v) is 14.7. The number of carboxylic acid groups (broad SMARTS) is 2. The first-order valence-electron chi connectivity index (χ1n) is 14.7. The molecule has 0 fully saturated rings. The van der Waals surface area contributed by atoms with Crippen molar-refractivity contribution in [2.45, 2.75) is 79.4 Å². The van der Waals surface area contributed by atoms with E-state index in [1.165, 1.54) is 0 Å². The molecule has 2 aliphatic rings. The molecule has 10 nitrogen and oxygen atoms in total. The molecule has 2 aliphatic heterocycles. The Morgan fingerprint density at radius 3 is 1.82 bits per heavy atom. The third-order valence-electron chi connectivity index (χ3n) is 8.65. The summed E-state index contributed by atoms with van der Waals surface area (Å²) in [4.78, 5) is 39.8. The van der Waals surface area contributed by atoms with Crippen molar-refractivity contribution < 1.29 is 30.0 Å². The van der Waals surface area contributed by atoms with Crippen molar-refractivity contribution >= 4 is 68.7 Å². The number of halogens is 1. The van der Waals surface area contributed by atoms with Crippen LogP contribution in [0.15, 0.2) is 24.3 Å². The van der Waals surface area contributed by atoms with E-state index < -0.39 is 24.1 Å². The van der Waals surface area contributed by atoms with Crippen LogP contribution in [-0.2, 0) is 16.0 Å². The van der Waals surface area contributed by atoms with Crippen LogP contribution in [0.3, 0.4) is 0 Å². The summed E-state index contributed by atoms with van der Waals surface area (Å²) < 4.78 is 0. The fourth-order valence-electron chi connectivity index (χ4n) is 6.31. The van der Waals surface area contributed by atoms with Gasteiger partial charge in [0.2, 0.25) is 0 Å². The van der Waals surface area contributed by atoms with Gasteiger partial charge in [0, 0.05) is 46.0 Å². The molecular formula is C34H39ClN4O6. The van der Waals surface area contributed by atoms with Gasteiger partial charge in [0.05, 0.1) is 35.0 Å². The van der Waals surface area contributed by atoms with Crippen LogP contribution in [0.4, 0.5) is 0 Å². The number of rotatable bonds is 8. The molecule has 0 radical (unpaired) electrons. The maximum Gasteiger partial charge on any atom is 0.303 e. The number of carbonyl (C=O) groups is 2. The minimum absolute atomic E-state index is 0. The van der Waals surface area contributed by atoms with Crippen molar-refractivity contribution in [2.75, 3.05) is 0 Å². The number of fused-ring (bicyclic) bond motifs is 8. The van der Waals surface area contributed by atoms with Crippen LogP contribution in [0.1, 0.15) is 98.1 Å². The minimum atomic E-state index is -0.917. The zero-order chi connectivity index (χ0) is 32.0. The van der Waals surface area contributed by atoms with Gasteiger partial charge in [0.15, 0.2) is 0 Å². The second-order valence-corrected chi connectivity index (χ2v) is 11.7. The Labute approximate surface area is 267 Å². The van der Waals surface area contributed by atoms with Crippen molar-refractivity contribution in [3.05, 3.63) is 69.3 Å². The molecule has 11 heteroatoms. The van der Waals surface area contributed by atoms with Crippen LogP contribution in [0.5, 0.6) is 0 Å². The third-order valence-corrected chi connectivity index (χ3v) is 8.65. The van der Waals surface area contributed by atoms with E-state index in [4.69, 9.17) is 9.97 Å². The number of aliphatic hydroxyl groups excluding tert-OH is 2. The number of nitrogens with zero attached hydrogens (tertiary/aromatic N) is 2. The van der Waals surface area contributed by atoms with E-state index in [0.29, 0.717) is 44.9 Å². The van der Waals surface area contributed by atoms with Crippen molar-refractivity contribution in [1.82, 2.24) is 19.9 Å². The second-order valence-electron chi connectivity index (χ2n) is 11.7. The van der Waals surface area contributed by atoms with Crippen molar-refractivity contribution in [3.8, 4) is 0 Å². The zero-order valence-corrected chi connectivity index (χ0v) is 27.0. The maximum absolute atomic E-state index is 11.6. The number of nitrogens with one attached hydrogen (secondary N) is 2.